The fraction of sp³-hybridized carbons (Fsp3) is 0.625. The molecule has 0 radical (unpaired) electrons. The number of hydrogen-bond donors (Lipinski definition) is 0. The van der Waals surface area contributed by atoms with E-state index in [2.05, 4.69) is 4.90 Å². The SMILES string of the molecule is COC1CCC12CCN(Cc1cccc(F)c1)CC2. The molecular weight excluding hydrogens is 241 g/mol. The van der Waals surface area contributed by atoms with Crippen LogP contribution in [-0.4, -0.2) is 31.2 Å². The van der Waals surface area contributed by atoms with Crippen LogP contribution in [0.4, 0.5) is 4.39 Å². The summed E-state index contributed by atoms with van der Waals surface area (Å²) in [6, 6.07) is 6.95. The molecule has 1 aliphatic heterocycles. The number of ether oxygens (including phenoxy) is 1. The van der Waals surface area contributed by atoms with Crippen molar-refractivity contribution in [1.29, 1.82) is 0 Å². The summed E-state index contributed by atoms with van der Waals surface area (Å²) in [6.45, 7) is 3.08. The third-order valence-corrected chi connectivity index (χ3v) is 5.02. The molecule has 1 unspecified atom stereocenters. The Kier molecular flexibility index (Phi) is 3.59. The third-order valence-electron chi connectivity index (χ3n) is 5.02. The largest absolute Gasteiger partial charge is 0.381 e. The van der Waals surface area contributed by atoms with Gasteiger partial charge in [0, 0.05) is 13.7 Å². The molecule has 104 valence electrons. The van der Waals surface area contributed by atoms with Crippen LogP contribution in [0.15, 0.2) is 24.3 Å². The van der Waals surface area contributed by atoms with E-state index in [0.29, 0.717) is 11.5 Å². The Morgan fingerprint density at radius 3 is 2.68 bits per heavy atom. The van der Waals surface area contributed by atoms with Gasteiger partial charge >= 0.3 is 0 Å². The average Bonchev–Trinajstić information content (AvgIpc) is 2.39. The van der Waals surface area contributed by atoms with Crippen molar-refractivity contribution in [2.24, 2.45) is 5.41 Å². The van der Waals surface area contributed by atoms with Crippen molar-refractivity contribution in [1.82, 2.24) is 4.90 Å². The Morgan fingerprint density at radius 2 is 2.11 bits per heavy atom. The molecule has 3 heteroatoms. The van der Waals surface area contributed by atoms with E-state index >= 15 is 0 Å². The van der Waals surface area contributed by atoms with Crippen LogP contribution < -0.4 is 0 Å². The summed E-state index contributed by atoms with van der Waals surface area (Å²) >= 11 is 0. The predicted octanol–water partition coefficient (Wildman–Crippen LogP) is 3.22. The zero-order valence-electron chi connectivity index (χ0n) is 11.6. The first kappa shape index (κ1) is 13.1. The number of likely N-dealkylation sites (tertiary alicyclic amines) is 1. The van der Waals surface area contributed by atoms with Gasteiger partial charge < -0.3 is 4.74 Å². The molecule has 2 nitrogen and oxygen atoms in total. The van der Waals surface area contributed by atoms with E-state index in [1.54, 1.807) is 12.1 Å². The van der Waals surface area contributed by atoms with E-state index in [9.17, 15) is 4.39 Å². The molecule has 0 N–H and O–H groups in total. The zero-order chi connectivity index (χ0) is 13.3. The van der Waals surface area contributed by atoms with Gasteiger partial charge in [0.25, 0.3) is 0 Å². The van der Waals surface area contributed by atoms with Crippen LogP contribution >= 0.6 is 0 Å². The molecule has 1 aromatic rings. The van der Waals surface area contributed by atoms with Crippen molar-refractivity contribution in [3.8, 4) is 0 Å². The van der Waals surface area contributed by atoms with E-state index in [4.69, 9.17) is 4.74 Å². The summed E-state index contributed by atoms with van der Waals surface area (Å²) in [5, 5.41) is 0. The van der Waals surface area contributed by atoms with Crippen LogP contribution in [0.5, 0.6) is 0 Å². The van der Waals surface area contributed by atoms with Gasteiger partial charge in [-0.2, -0.15) is 0 Å². The molecule has 1 aromatic carbocycles. The molecule has 1 atom stereocenters. The minimum Gasteiger partial charge on any atom is -0.381 e. The highest BCUT2D eigenvalue weighted by molar-refractivity contribution is 5.16. The monoisotopic (exact) mass is 263 g/mol. The van der Waals surface area contributed by atoms with Crippen LogP contribution in [0.3, 0.4) is 0 Å². The van der Waals surface area contributed by atoms with Crippen LogP contribution in [0.25, 0.3) is 0 Å². The molecule has 0 aromatic heterocycles. The minimum absolute atomic E-state index is 0.135. The second-order valence-corrected chi connectivity index (χ2v) is 6.03. The second kappa shape index (κ2) is 5.22. The highest BCUT2D eigenvalue weighted by atomic mass is 19.1. The highest BCUT2D eigenvalue weighted by Crippen LogP contribution is 2.50. The number of methoxy groups -OCH3 is 1. The molecule has 1 spiro atoms. The molecular formula is C16H22FNO. The maximum atomic E-state index is 13.2. The Morgan fingerprint density at radius 1 is 1.32 bits per heavy atom. The van der Waals surface area contributed by atoms with E-state index < -0.39 is 0 Å². The quantitative estimate of drug-likeness (QED) is 0.830. The fourth-order valence-corrected chi connectivity index (χ4v) is 3.66. The summed E-state index contributed by atoms with van der Waals surface area (Å²) in [5.74, 6) is -0.135. The summed E-state index contributed by atoms with van der Waals surface area (Å²) in [5.41, 5.74) is 1.53. The Balaban J connectivity index is 1.56. The molecule has 19 heavy (non-hydrogen) atoms. The number of halogens is 1. The van der Waals surface area contributed by atoms with E-state index in [-0.39, 0.29) is 5.82 Å². The van der Waals surface area contributed by atoms with Crippen LogP contribution in [0, 0.1) is 11.2 Å². The van der Waals surface area contributed by atoms with Gasteiger partial charge in [0.1, 0.15) is 5.82 Å². The maximum absolute atomic E-state index is 13.2. The lowest BCUT2D eigenvalue weighted by Crippen LogP contribution is -2.52. The summed E-state index contributed by atoms with van der Waals surface area (Å²) in [7, 11) is 1.84. The van der Waals surface area contributed by atoms with Gasteiger partial charge in [-0.1, -0.05) is 12.1 Å². The molecule has 0 amide bonds. The van der Waals surface area contributed by atoms with E-state index in [0.717, 1.165) is 25.2 Å². The number of hydrogen-bond acceptors (Lipinski definition) is 2. The van der Waals surface area contributed by atoms with E-state index in [1.807, 2.05) is 13.2 Å². The lowest BCUT2D eigenvalue weighted by molar-refractivity contribution is -0.120. The standard InChI is InChI=1S/C16H22FNO/c1-19-15-5-6-16(15)7-9-18(10-8-16)12-13-3-2-4-14(17)11-13/h2-4,11,15H,5-10,12H2,1H3. The van der Waals surface area contributed by atoms with Gasteiger partial charge in [-0.25, -0.2) is 4.39 Å². The normalized spacial score (nSPS) is 26.3. The molecule has 1 heterocycles. The first-order valence-corrected chi connectivity index (χ1v) is 7.21. The van der Waals surface area contributed by atoms with E-state index in [1.165, 1.54) is 31.7 Å². The zero-order valence-corrected chi connectivity index (χ0v) is 11.6. The van der Waals surface area contributed by atoms with Crippen LogP contribution in [-0.2, 0) is 11.3 Å². The molecule has 2 aliphatic rings. The van der Waals surface area contributed by atoms with Gasteiger partial charge in [-0.3, -0.25) is 4.90 Å². The van der Waals surface area contributed by atoms with Gasteiger partial charge in [0.05, 0.1) is 6.10 Å². The van der Waals surface area contributed by atoms with Crippen molar-refractivity contribution in [2.75, 3.05) is 20.2 Å². The maximum Gasteiger partial charge on any atom is 0.123 e. The van der Waals surface area contributed by atoms with Crippen molar-refractivity contribution < 1.29 is 9.13 Å². The van der Waals surface area contributed by atoms with Gasteiger partial charge in [-0.15, -0.1) is 0 Å². The smallest absolute Gasteiger partial charge is 0.123 e. The van der Waals surface area contributed by atoms with Gasteiger partial charge in [0.2, 0.25) is 0 Å². The Labute approximate surface area is 114 Å². The van der Waals surface area contributed by atoms with Gasteiger partial charge in [-0.05, 0) is 61.9 Å². The Hall–Kier alpha value is -0.930. The van der Waals surface area contributed by atoms with Crippen molar-refractivity contribution >= 4 is 0 Å². The Bertz CT molecular complexity index is 438. The average molecular weight is 263 g/mol. The van der Waals surface area contributed by atoms with Crippen molar-refractivity contribution in [3.63, 3.8) is 0 Å². The number of nitrogens with zero attached hydrogens (tertiary/aromatic N) is 1. The highest BCUT2D eigenvalue weighted by Gasteiger charge is 2.48. The number of piperidine rings is 1. The topological polar surface area (TPSA) is 12.5 Å². The lowest BCUT2D eigenvalue weighted by atomic mass is 9.61. The predicted molar refractivity (Wildman–Crippen MR) is 73.4 cm³/mol. The molecule has 1 saturated heterocycles. The molecule has 3 rings (SSSR count). The first-order chi connectivity index (χ1) is 9.22. The molecule has 1 aliphatic carbocycles. The van der Waals surface area contributed by atoms with Crippen molar-refractivity contribution in [3.05, 3.63) is 35.6 Å². The summed E-state index contributed by atoms with van der Waals surface area (Å²) in [6.07, 6.45) is 5.46. The number of rotatable bonds is 3. The first-order valence-electron chi connectivity index (χ1n) is 7.21. The van der Waals surface area contributed by atoms with Crippen LogP contribution in [0.1, 0.15) is 31.2 Å². The summed E-state index contributed by atoms with van der Waals surface area (Å²) in [4.78, 5) is 2.44. The van der Waals surface area contributed by atoms with Crippen molar-refractivity contribution in [2.45, 2.75) is 38.3 Å². The molecule has 1 saturated carbocycles. The fourth-order valence-electron chi connectivity index (χ4n) is 3.66. The van der Waals surface area contributed by atoms with Crippen LogP contribution in [0.2, 0.25) is 0 Å². The number of benzene rings is 1. The molecule has 0 bridgehead atoms. The van der Waals surface area contributed by atoms with Gasteiger partial charge in [0.15, 0.2) is 0 Å². The lowest BCUT2D eigenvalue weighted by Gasteiger charge is -2.53. The summed E-state index contributed by atoms with van der Waals surface area (Å²) < 4.78 is 18.8. The second-order valence-electron chi connectivity index (χ2n) is 6.03. The molecule has 2 fully saturated rings. The third kappa shape index (κ3) is 2.54. The minimum atomic E-state index is -0.135.